The molecule has 0 fully saturated rings. The fourth-order valence-corrected chi connectivity index (χ4v) is 20.3. The number of fused-ring (bicyclic) bond motifs is 3. The standard InChI is InChI=1S/C50H36N6.C40H33N.C32H20N2/c1-50(2,3)35-24-31-16-18-36-38(33-26-44(40-12-4-8-20-51-40)55-45(27-33)41-13-5-9-21-52-41)30-39(37-19-17-32(25-35)48(31)49(36)37)34-28-46(42-14-6-10-22-53-42)56-47(29-34)43-15-7-11-23-54-43;1-39(2,3)28-19-25-13-16-31-33(24-12-15-30-29-10-6-7-11-35(29)40(4,5)36(30)21-24)22-34(27-9-8-18-41-23-27)32-17-14-26(20-28)37(25)38(31)32;1-2-4-21(5-3-1)26-18-24-6-8-27-29(22-10-14-33-15-11-22)20-30(23-12-16-34-17-13-23)28-9-7-25(19-26)31(24)32(27)28/h4-30H,1-3H3;6-23H,1-5H3;1-20H. The van der Waals surface area contributed by atoms with E-state index < -0.39 is 0 Å². The van der Waals surface area contributed by atoms with Gasteiger partial charge in [0.05, 0.1) is 45.6 Å². The molecular weight excluding hydrogens is 1590 g/mol. The SMILES string of the molecule is CC(C)(C)c1cc2ccc3c(-c4cc(-c5ccccn5)nc(-c5ccccn5)c4)cc(-c4cc(-c5ccccn5)nc(-c5ccccn5)c4)c4ccc(c1)c2c34.CC(C)(C)c1cc2ccc3c(-c4cccnc4)cc(-c4ccc5c(c4)C(C)(C)c4ccccc4-5)c4ccc(c1)c2c34.c1ccc(-c2cc3ccc4c(-c5ccncc5)cc(-c5ccncc5)c5ccc(c2)c3c45)cc1. The minimum Gasteiger partial charge on any atom is -0.265 e. The Morgan fingerprint density at radius 3 is 0.916 bits per heavy atom. The predicted octanol–water partition coefficient (Wildman–Crippen LogP) is 31.5. The molecule has 622 valence electrons. The van der Waals surface area contributed by atoms with Gasteiger partial charge in [-0.3, -0.25) is 34.9 Å². The van der Waals surface area contributed by atoms with Gasteiger partial charge in [0.15, 0.2) is 0 Å². The molecule has 0 unspecified atom stereocenters. The van der Waals surface area contributed by atoms with Crippen LogP contribution in [0.15, 0.2) is 396 Å². The quantitative estimate of drug-likeness (QED) is 0.117. The van der Waals surface area contributed by atoms with Gasteiger partial charge < -0.3 is 0 Å². The molecule has 0 aliphatic heterocycles. The van der Waals surface area contributed by atoms with Crippen molar-refractivity contribution in [2.45, 2.75) is 71.6 Å². The van der Waals surface area contributed by atoms with Gasteiger partial charge in [-0.05, 0) is 353 Å². The van der Waals surface area contributed by atoms with E-state index >= 15 is 0 Å². The maximum Gasteiger partial charge on any atom is 0.0900 e. The summed E-state index contributed by atoms with van der Waals surface area (Å²) in [6.45, 7) is 18.4. The molecule has 0 spiro atoms. The van der Waals surface area contributed by atoms with Crippen LogP contribution in [-0.2, 0) is 16.2 Å². The van der Waals surface area contributed by atoms with Gasteiger partial charge in [-0.15, -0.1) is 0 Å². The molecule has 1 aliphatic rings. The Morgan fingerprint density at radius 1 is 0.198 bits per heavy atom. The molecule has 0 radical (unpaired) electrons. The van der Waals surface area contributed by atoms with Crippen LogP contribution < -0.4 is 0 Å². The van der Waals surface area contributed by atoms with E-state index in [0.717, 1.165) is 73.4 Å². The summed E-state index contributed by atoms with van der Waals surface area (Å²) in [5, 5.41) is 22.9. The van der Waals surface area contributed by atoms with Crippen molar-refractivity contribution in [2.75, 3.05) is 0 Å². The van der Waals surface area contributed by atoms with Gasteiger partial charge in [-0.1, -0.05) is 250 Å². The van der Waals surface area contributed by atoms with E-state index in [0.29, 0.717) is 0 Å². The molecule has 0 amide bonds. The maximum absolute atomic E-state index is 5.12. The lowest BCUT2D eigenvalue weighted by atomic mass is 9.80. The average Bonchev–Trinajstić information content (AvgIpc) is 1.01. The van der Waals surface area contributed by atoms with Gasteiger partial charge >= 0.3 is 0 Å². The Bertz CT molecular complexity index is 8080. The van der Waals surface area contributed by atoms with E-state index in [9.17, 15) is 0 Å². The van der Waals surface area contributed by atoms with Crippen LogP contribution in [0.4, 0.5) is 0 Å². The molecule has 1 aliphatic carbocycles. The van der Waals surface area contributed by atoms with Gasteiger partial charge in [0.2, 0.25) is 0 Å². The summed E-state index contributed by atoms with van der Waals surface area (Å²) in [7, 11) is 0. The number of benzene rings is 15. The second kappa shape index (κ2) is 31.7. The zero-order chi connectivity index (χ0) is 88.4. The van der Waals surface area contributed by atoms with Gasteiger partial charge in [0.1, 0.15) is 0 Å². The van der Waals surface area contributed by atoms with Gasteiger partial charge in [0, 0.05) is 72.9 Å². The van der Waals surface area contributed by atoms with Crippen LogP contribution >= 0.6 is 0 Å². The van der Waals surface area contributed by atoms with Crippen LogP contribution in [-0.4, -0.2) is 44.9 Å². The molecule has 9 heterocycles. The number of rotatable bonds is 11. The van der Waals surface area contributed by atoms with E-state index in [4.69, 9.17) is 29.9 Å². The highest BCUT2D eigenvalue weighted by atomic mass is 14.8. The van der Waals surface area contributed by atoms with Gasteiger partial charge in [-0.2, -0.15) is 0 Å². The molecule has 131 heavy (non-hydrogen) atoms. The third-order valence-corrected chi connectivity index (χ3v) is 26.8. The molecule has 0 bridgehead atoms. The fraction of sp³-hybridized carbons (Fsp3) is 0.0902. The molecule has 0 N–H and O–H groups in total. The summed E-state index contributed by atoms with van der Waals surface area (Å²) < 4.78 is 0. The highest BCUT2D eigenvalue weighted by Crippen LogP contribution is 2.54. The molecule has 0 atom stereocenters. The Labute approximate surface area is 760 Å². The van der Waals surface area contributed by atoms with E-state index in [2.05, 4.69) is 325 Å². The number of pyridine rings is 9. The van der Waals surface area contributed by atoms with Crippen molar-refractivity contribution in [3.8, 4) is 135 Å². The largest absolute Gasteiger partial charge is 0.265 e. The summed E-state index contributed by atoms with van der Waals surface area (Å²) in [5.74, 6) is 0. The molecule has 9 nitrogen and oxygen atoms in total. The first-order chi connectivity index (χ1) is 63.9. The number of nitrogens with zero attached hydrogens (tertiary/aromatic N) is 9. The molecule has 15 aromatic carbocycles. The average molecular weight is 1680 g/mol. The third kappa shape index (κ3) is 14.1. The third-order valence-electron chi connectivity index (χ3n) is 26.8. The van der Waals surface area contributed by atoms with E-state index in [1.165, 1.54) is 180 Å². The van der Waals surface area contributed by atoms with Crippen LogP contribution in [0.3, 0.4) is 0 Å². The summed E-state index contributed by atoms with van der Waals surface area (Å²) in [6.07, 6.45) is 18.6. The molecular formula is C122H89N9. The second-order valence-corrected chi connectivity index (χ2v) is 37.2. The van der Waals surface area contributed by atoms with Crippen molar-refractivity contribution in [3.05, 3.63) is 418 Å². The lowest BCUT2D eigenvalue weighted by Crippen LogP contribution is -2.14. The van der Waals surface area contributed by atoms with Crippen LogP contribution in [0.1, 0.15) is 77.6 Å². The van der Waals surface area contributed by atoms with Gasteiger partial charge in [-0.25, -0.2) is 9.97 Å². The topological polar surface area (TPSA) is 116 Å². The van der Waals surface area contributed by atoms with Crippen LogP contribution in [0, 0.1) is 0 Å². The molecule has 9 aromatic heterocycles. The first-order valence-corrected chi connectivity index (χ1v) is 45.0. The summed E-state index contributed by atoms with van der Waals surface area (Å²) in [5.41, 5.74) is 31.0. The number of hydrogen-bond acceptors (Lipinski definition) is 9. The van der Waals surface area contributed by atoms with Crippen molar-refractivity contribution in [2.24, 2.45) is 0 Å². The van der Waals surface area contributed by atoms with Crippen molar-refractivity contribution in [1.82, 2.24) is 44.9 Å². The summed E-state index contributed by atoms with van der Waals surface area (Å²) >= 11 is 0. The van der Waals surface area contributed by atoms with Crippen molar-refractivity contribution in [1.29, 1.82) is 0 Å². The van der Waals surface area contributed by atoms with Crippen LogP contribution in [0.25, 0.3) is 232 Å². The normalized spacial score (nSPS) is 12.5. The Balaban J connectivity index is 0.000000116. The van der Waals surface area contributed by atoms with Gasteiger partial charge in [0.25, 0.3) is 0 Å². The van der Waals surface area contributed by atoms with Crippen LogP contribution in [0.2, 0.25) is 0 Å². The minimum atomic E-state index is -0.0404. The second-order valence-electron chi connectivity index (χ2n) is 37.2. The zero-order valence-corrected chi connectivity index (χ0v) is 74.1. The minimum absolute atomic E-state index is 0.00233. The van der Waals surface area contributed by atoms with Crippen molar-refractivity contribution < 1.29 is 0 Å². The number of aromatic nitrogens is 9. The Kier molecular flexibility index (Phi) is 19.2. The number of hydrogen-bond donors (Lipinski definition) is 0. The molecule has 9 heteroatoms. The van der Waals surface area contributed by atoms with E-state index in [1.807, 2.05) is 141 Å². The van der Waals surface area contributed by atoms with Crippen LogP contribution in [0.5, 0.6) is 0 Å². The maximum atomic E-state index is 5.12. The molecule has 25 rings (SSSR count). The molecule has 0 saturated carbocycles. The summed E-state index contributed by atoms with van der Waals surface area (Å²) in [4.78, 5) is 42.1. The zero-order valence-electron chi connectivity index (χ0n) is 74.1. The van der Waals surface area contributed by atoms with E-state index in [1.54, 1.807) is 0 Å². The highest BCUT2D eigenvalue weighted by molar-refractivity contribution is 6.32. The first-order valence-electron chi connectivity index (χ1n) is 45.0. The predicted molar refractivity (Wildman–Crippen MR) is 545 cm³/mol. The smallest absolute Gasteiger partial charge is 0.0900 e. The first kappa shape index (κ1) is 79.4. The van der Waals surface area contributed by atoms with Crippen molar-refractivity contribution >= 4 is 97.0 Å². The molecule has 24 aromatic rings. The highest BCUT2D eigenvalue weighted by Gasteiger charge is 2.36. The van der Waals surface area contributed by atoms with Crippen molar-refractivity contribution in [3.63, 3.8) is 0 Å². The fourth-order valence-electron chi connectivity index (χ4n) is 20.3. The van der Waals surface area contributed by atoms with E-state index in [-0.39, 0.29) is 16.2 Å². The molecule has 0 saturated heterocycles. The Hall–Kier alpha value is -16.2. The summed E-state index contributed by atoms with van der Waals surface area (Å²) in [6, 6.07) is 120. The monoisotopic (exact) mass is 1680 g/mol. The lowest BCUT2D eigenvalue weighted by molar-refractivity contribution is 0.591. The lowest BCUT2D eigenvalue weighted by Gasteiger charge is -2.24. The Morgan fingerprint density at radius 2 is 0.542 bits per heavy atom.